The van der Waals surface area contributed by atoms with Crippen LogP contribution in [0.5, 0.6) is 0 Å². The Hall–Kier alpha value is -1.34. The number of nitrogens with zero attached hydrogens (tertiary/aromatic N) is 1. The highest BCUT2D eigenvalue weighted by atomic mass is 16.5. The first kappa shape index (κ1) is 16.0. The van der Waals surface area contributed by atoms with Gasteiger partial charge in [0.05, 0.1) is 25.2 Å². The average Bonchev–Trinajstić information content (AvgIpc) is 2.79. The second-order valence-electron chi connectivity index (χ2n) is 5.99. The molecule has 2 saturated heterocycles. The van der Waals surface area contributed by atoms with Crippen molar-refractivity contribution in [2.75, 3.05) is 32.9 Å². The first-order chi connectivity index (χ1) is 9.97. The maximum atomic E-state index is 12.7. The molecule has 0 bridgehead atoms. The summed E-state index contributed by atoms with van der Waals surface area (Å²) in [7, 11) is 0. The third-order valence-corrected chi connectivity index (χ3v) is 4.31. The van der Waals surface area contributed by atoms with Gasteiger partial charge in [-0.3, -0.25) is 4.79 Å². The molecular formula is C14H25N3O4. The molecule has 7 nitrogen and oxygen atoms in total. The van der Waals surface area contributed by atoms with Crippen molar-refractivity contribution in [3.63, 3.8) is 0 Å². The third kappa shape index (κ3) is 3.47. The average molecular weight is 299 g/mol. The monoisotopic (exact) mass is 299 g/mol. The van der Waals surface area contributed by atoms with E-state index in [1.54, 1.807) is 11.8 Å². The van der Waals surface area contributed by atoms with Gasteiger partial charge in [-0.1, -0.05) is 0 Å². The zero-order chi connectivity index (χ0) is 15.5. The molecular weight excluding hydrogens is 274 g/mol. The summed E-state index contributed by atoms with van der Waals surface area (Å²) in [5.74, 6) is 0.0165. The summed E-state index contributed by atoms with van der Waals surface area (Å²) < 4.78 is 10.2. The Bertz CT molecular complexity index is 404. The van der Waals surface area contributed by atoms with Gasteiger partial charge in [-0.2, -0.15) is 0 Å². The van der Waals surface area contributed by atoms with E-state index in [2.05, 4.69) is 5.32 Å². The van der Waals surface area contributed by atoms with Crippen LogP contribution in [-0.4, -0.2) is 61.9 Å². The van der Waals surface area contributed by atoms with Crippen molar-refractivity contribution in [2.45, 2.75) is 38.8 Å². The van der Waals surface area contributed by atoms with Gasteiger partial charge in [0.25, 0.3) is 0 Å². The van der Waals surface area contributed by atoms with Crippen LogP contribution in [0.2, 0.25) is 0 Å². The van der Waals surface area contributed by atoms with Crippen LogP contribution in [0.3, 0.4) is 0 Å². The molecule has 0 aromatic rings. The van der Waals surface area contributed by atoms with Crippen LogP contribution in [-0.2, 0) is 14.3 Å². The Kier molecular flexibility index (Phi) is 5.05. The topological polar surface area (TPSA) is 93.9 Å². The minimum Gasteiger partial charge on any atom is -0.450 e. The number of carbonyl (C=O) groups is 2. The molecule has 3 unspecified atom stereocenters. The Morgan fingerprint density at radius 2 is 2.29 bits per heavy atom. The normalized spacial score (nSPS) is 32.8. The largest absolute Gasteiger partial charge is 0.450 e. The van der Waals surface area contributed by atoms with Gasteiger partial charge >= 0.3 is 6.09 Å². The molecule has 21 heavy (non-hydrogen) atoms. The van der Waals surface area contributed by atoms with Crippen molar-refractivity contribution in [1.29, 1.82) is 0 Å². The number of piperidine rings is 1. The van der Waals surface area contributed by atoms with Gasteiger partial charge in [-0.15, -0.1) is 0 Å². The number of rotatable bonds is 3. The Morgan fingerprint density at radius 1 is 1.52 bits per heavy atom. The molecule has 0 radical (unpaired) electrons. The zero-order valence-electron chi connectivity index (χ0n) is 12.8. The molecule has 3 N–H and O–H groups in total. The lowest BCUT2D eigenvalue weighted by molar-refractivity contribution is -0.143. The summed E-state index contributed by atoms with van der Waals surface area (Å²) in [5, 5.41) is 2.80. The molecule has 120 valence electrons. The van der Waals surface area contributed by atoms with E-state index in [0.29, 0.717) is 32.9 Å². The summed E-state index contributed by atoms with van der Waals surface area (Å²) in [6.45, 7) is 5.93. The second-order valence-corrected chi connectivity index (χ2v) is 5.99. The van der Waals surface area contributed by atoms with Crippen molar-refractivity contribution in [2.24, 2.45) is 11.1 Å². The molecule has 2 aliphatic rings. The maximum Gasteiger partial charge on any atom is 0.407 e. The summed E-state index contributed by atoms with van der Waals surface area (Å²) in [6, 6.07) is -0.340. The van der Waals surface area contributed by atoms with E-state index in [4.69, 9.17) is 15.2 Å². The van der Waals surface area contributed by atoms with Gasteiger partial charge in [-0.05, 0) is 26.7 Å². The summed E-state index contributed by atoms with van der Waals surface area (Å²) in [5.41, 5.74) is 5.35. The molecule has 2 aliphatic heterocycles. The molecule has 2 amide bonds. The van der Waals surface area contributed by atoms with E-state index in [-0.39, 0.29) is 18.0 Å². The van der Waals surface area contributed by atoms with Gasteiger partial charge in [0.2, 0.25) is 5.91 Å². The molecule has 2 fully saturated rings. The smallest absolute Gasteiger partial charge is 0.407 e. The number of ether oxygens (including phenoxy) is 2. The van der Waals surface area contributed by atoms with Gasteiger partial charge in [0.1, 0.15) is 0 Å². The number of alkyl carbamates (subject to hydrolysis) is 1. The fourth-order valence-corrected chi connectivity index (χ4v) is 2.89. The highest BCUT2D eigenvalue weighted by Crippen LogP contribution is 2.30. The lowest BCUT2D eigenvalue weighted by Gasteiger charge is -2.38. The third-order valence-electron chi connectivity index (χ3n) is 4.31. The number of carbonyl (C=O) groups excluding carboxylic acids is 2. The molecule has 0 aliphatic carbocycles. The van der Waals surface area contributed by atoms with Gasteiger partial charge in [0, 0.05) is 25.2 Å². The number of hydrogen-bond donors (Lipinski definition) is 2. The number of nitrogens with two attached hydrogens (primary N) is 1. The van der Waals surface area contributed by atoms with Crippen molar-refractivity contribution < 1.29 is 19.1 Å². The van der Waals surface area contributed by atoms with Crippen LogP contribution in [0.1, 0.15) is 26.7 Å². The van der Waals surface area contributed by atoms with Crippen LogP contribution < -0.4 is 11.1 Å². The summed E-state index contributed by atoms with van der Waals surface area (Å²) >= 11 is 0. The highest BCUT2D eigenvalue weighted by Gasteiger charge is 2.47. The van der Waals surface area contributed by atoms with Crippen molar-refractivity contribution >= 4 is 12.0 Å². The molecule has 2 heterocycles. The quantitative estimate of drug-likeness (QED) is 0.770. The van der Waals surface area contributed by atoms with E-state index in [1.165, 1.54) is 0 Å². The van der Waals surface area contributed by atoms with Crippen LogP contribution in [0, 0.1) is 5.41 Å². The summed E-state index contributed by atoms with van der Waals surface area (Å²) in [4.78, 5) is 26.0. The van der Waals surface area contributed by atoms with Gasteiger partial charge in [-0.25, -0.2) is 4.79 Å². The molecule has 0 saturated carbocycles. The van der Waals surface area contributed by atoms with Gasteiger partial charge < -0.3 is 25.4 Å². The zero-order valence-corrected chi connectivity index (χ0v) is 12.8. The van der Waals surface area contributed by atoms with E-state index >= 15 is 0 Å². The highest BCUT2D eigenvalue weighted by molar-refractivity contribution is 5.84. The standard InChI is InChI=1S/C14H25N3O4/c1-3-21-13(19)16-10-5-4-6-17(7-10)12(18)14(2)9-20-8-11(14)15/h10-11H,3-9,15H2,1-2H3,(H,16,19). The first-order valence-electron chi connectivity index (χ1n) is 7.53. The van der Waals surface area contributed by atoms with Crippen molar-refractivity contribution in [3.05, 3.63) is 0 Å². The Labute approximate surface area is 125 Å². The Morgan fingerprint density at radius 3 is 2.90 bits per heavy atom. The fourth-order valence-electron chi connectivity index (χ4n) is 2.89. The Balaban J connectivity index is 1.94. The minimum atomic E-state index is -0.661. The number of likely N-dealkylation sites (tertiary alicyclic amines) is 1. The predicted molar refractivity (Wildman–Crippen MR) is 76.7 cm³/mol. The van der Waals surface area contributed by atoms with E-state index < -0.39 is 11.5 Å². The molecule has 3 atom stereocenters. The van der Waals surface area contributed by atoms with E-state index in [1.807, 2.05) is 6.92 Å². The first-order valence-corrected chi connectivity index (χ1v) is 7.53. The van der Waals surface area contributed by atoms with Gasteiger partial charge in [0.15, 0.2) is 0 Å². The SMILES string of the molecule is CCOC(=O)NC1CCCN(C(=O)C2(C)COCC2N)C1. The lowest BCUT2D eigenvalue weighted by Crippen LogP contribution is -2.56. The van der Waals surface area contributed by atoms with Crippen molar-refractivity contribution in [1.82, 2.24) is 10.2 Å². The summed E-state index contributed by atoms with van der Waals surface area (Å²) in [6.07, 6.45) is 1.28. The van der Waals surface area contributed by atoms with Crippen LogP contribution in [0.25, 0.3) is 0 Å². The fraction of sp³-hybridized carbons (Fsp3) is 0.857. The van der Waals surface area contributed by atoms with Crippen LogP contribution >= 0.6 is 0 Å². The molecule has 0 aromatic heterocycles. The van der Waals surface area contributed by atoms with Crippen LogP contribution in [0.4, 0.5) is 4.79 Å². The number of nitrogens with one attached hydrogen (secondary N) is 1. The number of amides is 2. The maximum absolute atomic E-state index is 12.7. The van der Waals surface area contributed by atoms with E-state index in [0.717, 1.165) is 12.8 Å². The minimum absolute atomic E-state index is 0.0165. The molecule has 0 spiro atoms. The second kappa shape index (κ2) is 6.62. The number of hydrogen-bond acceptors (Lipinski definition) is 5. The molecule has 7 heteroatoms. The van der Waals surface area contributed by atoms with E-state index in [9.17, 15) is 9.59 Å². The molecule has 2 rings (SSSR count). The van der Waals surface area contributed by atoms with Crippen LogP contribution in [0.15, 0.2) is 0 Å². The lowest BCUT2D eigenvalue weighted by atomic mass is 9.83. The van der Waals surface area contributed by atoms with Crippen molar-refractivity contribution in [3.8, 4) is 0 Å². The predicted octanol–water partition coefficient (Wildman–Crippen LogP) is 0.0873. The molecule has 0 aromatic carbocycles.